The summed E-state index contributed by atoms with van der Waals surface area (Å²) < 4.78 is 2.35. The zero-order chi connectivity index (χ0) is 22.7. The molecule has 4 rings (SSSR count). The van der Waals surface area contributed by atoms with Crippen LogP contribution in [0.15, 0.2) is 36.4 Å². The Hall–Kier alpha value is -2.46. The van der Waals surface area contributed by atoms with Crippen LogP contribution in [0.1, 0.15) is 62.0 Å². The number of hydrogen-bond acceptors (Lipinski definition) is 3. The molecule has 3 heterocycles. The third-order valence-corrected chi connectivity index (χ3v) is 7.07. The van der Waals surface area contributed by atoms with Gasteiger partial charge in [0, 0.05) is 24.2 Å². The van der Waals surface area contributed by atoms with Crippen LogP contribution < -0.4 is 0 Å². The second kappa shape index (κ2) is 9.99. The van der Waals surface area contributed by atoms with Crippen molar-refractivity contribution in [1.29, 1.82) is 0 Å². The van der Waals surface area contributed by atoms with E-state index < -0.39 is 0 Å². The van der Waals surface area contributed by atoms with E-state index in [0.717, 1.165) is 48.5 Å². The summed E-state index contributed by atoms with van der Waals surface area (Å²) in [6, 6.07) is 11.2. The lowest BCUT2D eigenvalue weighted by Crippen LogP contribution is -2.35. The van der Waals surface area contributed by atoms with Crippen LogP contribution in [0.25, 0.3) is 17.1 Å². The summed E-state index contributed by atoms with van der Waals surface area (Å²) in [5.74, 6) is 2.57. The van der Waals surface area contributed by atoms with Gasteiger partial charge < -0.3 is 4.57 Å². The van der Waals surface area contributed by atoms with Gasteiger partial charge in [-0.1, -0.05) is 57.2 Å². The van der Waals surface area contributed by atoms with E-state index in [2.05, 4.69) is 84.6 Å². The van der Waals surface area contributed by atoms with Gasteiger partial charge in [-0.05, 0) is 75.2 Å². The van der Waals surface area contributed by atoms with Crippen LogP contribution in [0.4, 0.5) is 0 Å². The van der Waals surface area contributed by atoms with Gasteiger partial charge in [-0.2, -0.15) is 0 Å². The Morgan fingerprint density at radius 2 is 1.78 bits per heavy atom. The van der Waals surface area contributed by atoms with Gasteiger partial charge in [0.2, 0.25) is 0 Å². The summed E-state index contributed by atoms with van der Waals surface area (Å²) in [4.78, 5) is 11.9. The molecule has 170 valence electrons. The van der Waals surface area contributed by atoms with Crippen LogP contribution in [-0.2, 0) is 13.0 Å². The molecule has 1 saturated heterocycles. The Kier molecular flexibility index (Phi) is 7.10. The normalized spacial score (nSPS) is 16.1. The summed E-state index contributed by atoms with van der Waals surface area (Å²) in [7, 11) is 0. The number of nitrogens with zero attached hydrogens (tertiary/aromatic N) is 4. The lowest BCUT2D eigenvalue weighted by Gasteiger charge is -2.33. The Morgan fingerprint density at radius 3 is 2.44 bits per heavy atom. The molecule has 3 aromatic rings. The van der Waals surface area contributed by atoms with Crippen LogP contribution in [0.2, 0.25) is 0 Å². The Balaban J connectivity index is 1.40. The number of benzene rings is 1. The molecule has 2 aromatic heterocycles. The Bertz CT molecular complexity index is 1070. The van der Waals surface area contributed by atoms with Gasteiger partial charge in [-0.15, -0.1) is 0 Å². The standard InChI is InChI=1S/C28H38N4/c1-6-26-18-27-21(4)29-22(5)30-28(27)32(26)19-24-11-9-23(10-12-24)8-7-15-31-16-13-25(14-17-31)20(2)3/h7-12,18,20,25H,6,13-17,19H2,1-5H3/b8-7+. The van der Waals surface area contributed by atoms with Gasteiger partial charge in [0.15, 0.2) is 0 Å². The van der Waals surface area contributed by atoms with Gasteiger partial charge in [0.25, 0.3) is 0 Å². The molecule has 1 aliphatic heterocycles. The van der Waals surface area contributed by atoms with E-state index >= 15 is 0 Å². The van der Waals surface area contributed by atoms with Crippen molar-refractivity contribution in [3.63, 3.8) is 0 Å². The monoisotopic (exact) mass is 430 g/mol. The van der Waals surface area contributed by atoms with Crippen molar-refractivity contribution in [3.8, 4) is 0 Å². The Labute approximate surface area is 193 Å². The zero-order valence-corrected chi connectivity index (χ0v) is 20.4. The predicted octanol–water partition coefficient (Wildman–Crippen LogP) is 6.04. The maximum Gasteiger partial charge on any atom is 0.144 e. The second-order valence-electron chi connectivity index (χ2n) is 9.69. The number of likely N-dealkylation sites (tertiary alicyclic amines) is 1. The molecule has 0 radical (unpaired) electrons. The average molecular weight is 431 g/mol. The minimum absolute atomic E-state index is 0.824. The molecule has 4 nitrogen and oxygen atoms in total. The van der Waals surface area contributed by atoms with Crippen molar-refractivity contribution in [3.05, 3.63) is 64.7 Å². The third-order valence-electron chi connectivity index (χ3n) is 7.07. The first kappa shape index (κ1) is 22.7. The molecule has 0 aliphatic carbocycles. The highest BCUT2D eigenvalue weighted by molar-refractivity contribution is 5.80. The summed E-state index contributed by atoms with van der Waals surface area (Å²) >= 11 is 0. The molecule has 32 heavy (non-hydrogen) atoms. The SMILES string of the molecule is CCc1cc2c(C)nc(C)nc2n1Cc1ccc(/C=C/CN2CCC(C(C)C)CC2)cc1. The van der Waals surface area contributed by atoms with Crippen LogP contribution in [0.5, 0.6) is 0 Å². The number of aromatic nitrogens is 3. The smallest absolute Gasteiger partial charge is 0.144 e. The lowest BCUT2D eigenvalue weighted by atomic mass is 9.87. The predicted molar refractivity (Wildman–Crippen MR) is 135 cm³/mol. The van der Waals surface area contributed by atoms with Crippen molar-refractivity contribution < 1.29 is 0 Å². The van der Waals surface area contributed by atoms with Crippen molar-refractivity contribution in [1.82, 2.24) is 19.4 Å². The molecule has 0 atom stereocenters. The first-order valence-corrected chi connectivity index (χ1v) is 12.3. The van der Waals surface area contributed by atoms with Crippen LogP contribution >= 0.6 is 0 Å². The summed E-state index contributed by atoms with van der Waals surface area (Å²) in [6.07, 6.45) is 8.27. The van der Waals surface area contributed by atoms with Gasteiger partial charge in [0.05, 0.1) is 5.69 Å². The molecular formula is C28H38N4. The Morgan fingerprint density at radius 1 is 1.06 bits per heavy atom. The maximum atomic E-state index is 4.75. The molecule has 0 N–H and O–H groups in total. The quantitative estimate of drug-likeness (QED) is 0.458. The first-order chi connectivity index (χ1) is 15.4. The van der Waals surface area contributed by atoms with Crippen molar-refractivity contribution in [2.75, 3.05) is 19.6 Å². The number of piperidine rings is 1. The number of aryl methyl sites for hydroxylation is 3. The van der Waals surface area contributed by atoms with E-state index in [1.807, 2.05) is 6.92 Å². The average Bonchev–Trinajstić information content (AvgIpc) is 3.13. The number of fused-ring (bicyclic) bond motifs is 1. The van der Waals surface area contributed by atoms with Gasteiger partial charge in [-0.25, -0.2) is 9.97 Å². The summed E-state index contributed by atoms with van der Waals surface area (Å²) in [5.41, 5.74) is 6.01. The molecule has 1 aliphatic rings. The first-order valence-electron chi connectivity index (χ1n) is 12.3. The number of rotatable bonds is 7. The van der Waals surface area contributed by atoms with Crippen molar-refractivity contribution in [2.24, 2.45) is 11.8 Å². The van der Waals surface area contributed by atoms with Gasteiger partial charge in [-0.3, -0.25) is 4.90 Å². The lowest BCUT2D eigenvalue weighted by molar-refractivity contribution is 0.171. The summed E-state index contributed by atoms with van der Waals surface area (Å²) in [5, 5.41) is 1.17. The van der Waals surface area contributed by atoms with E-state index in [1.165, 1.54) is 48.1 Å². The fourth-order valence-corrected chi connectivity index (χ4v) is 4.98. The fourth-order valence-electron chi connectivity index (χ4n) is 4.98. The fraction of sp³-hybridized carbons (Fsp3) is 0.500. The molecule has 0 unspecified atom stereocenters. The second-order valence-corrected chi connectivity index (χ2v) is 9.69. The van der Waals surface area contributed by atoms with Crippen LogP contribution in [0.3, 0.4) is 0 Å². The van der Waals surface area contributed by atoms with Crippen LogP contribution in [-0.4, -0.2) is 39.1 Å². The van der Waals surface area contributed by atoms with Crippen molar-refractivity contribution in [2.45, 2.75) is 60.4 Å². The third kappa shape index (κ3) is 5.12. The van der Waals surface area contributed by atoms with Crippen molar-refractivity contribution >= 4 is 17.1 Å². The van der Waals surface area contributed by atoms with E-state index in [4.69, 9.17) is 4.98 Å². The highest BCUT2D eigenvalue weighted by Gasteiger charge is 2.20. The molecular weight excluding hydrogens is 392 g/mol. The molecule has 0 spiro atoms. The molecule has 0 bridgehead atoms. The molecule has 0 saturated carbocycles. The molecule has 4 heteroatoms. The maximum absolute atomic E-state index is 4.75. The summed E-state index contributed by atoms with van der Waals surface area (Å²) in [6.45, 7) is 15.4. The topological polar surface area (TPSA) is 34.0 Å². The molecule has 1 aromatic carbocycles. The molecule has 0 amide bonds. The van der Waals surface area contributed by atoms with E-state index in [-0.39, 0.29) is 0 Å². The highest BCUT2D eigenvalue weighted by Crippen LogP contribution is 2.25. The van der Waals surface area contributed by atoms with E-state index in [9.17, 15) is 0 Å². The largest absolute Gasteiger partial charge is 0.325 e. The van der Waals surface area contributed by atoms with Gasteiger partial charge >= 0.3 is 0 Å². The van der Waals surface area contributed by atoms with Crippen LogP contribution in [0, 0.1) is 25.7 Å². The van der Waals surface area contributed by atoms with E-state index in [1.54, 1.807) is 0 Å². The minimum Gasteiger partial charge on any atom is -0.325 e. The van der Waals surface area contributed by atoms with Gasteiger partial charge in [0.1, 0.15) is 11.5 Å². The van der Waals surface area contributed by atoms with E-state index in [0.29, 0.717) is 0 Å². The highest BCUT2D eigenvalue weighted by atomic mass is 15.1. The zero-order valence-electron chi connectivity index (χ0n) is 20.4. The molecule has 1 fully saturated rings. The number of hydrogen-bond donors (Lipinski definition) is 0. The minimum atomic E-state index is 0.824.